The molecule has 0 aliphatic rings. The van der Waals surface area contributed by atoms with Crippen LogP contribution in [0.25, 0.3) is 0 Å². The number of aromatic nitrogens is 1. The van der Waals surface area contributed by atoms with E-state index in [1.54, 1.807) is 6.20 Å². The van der Waals surface area contributed by atoms with E-state index in [4.69, 9.17) is 0 Å². The van der Waals surface area contributed by atoms with E-state index in [0.717, 1.165) is 28.9 Å². The number of nitrogens with zero attached hydrogens (tertiary/aromatic N) is 1. The maximum Gasteiger partial charge on any atom is 0.232 e. The van der Waals surface area contributed by atoms with E-state index in [1.807, 2.05) is 50.2 Å². The van der Waals surface area contributed by atoms with Crippen molar-refractivity contribution in [1.29, 1.82) is 0 Å². The van der Waals surface area contributed by atoms with Gasteiger partial charge in [0, 0.05) is 5.69 Å². The fourth-order valence-electron chi connectivity index (χ4n) is 2.57. The van der Waals surface area contributed by atoms with Gasteiger partial charge in [0.25, 0.3) is 0 Å². The van der Waals surface area contributed by atoms with Gasteiger partial charge in [0.1, 0.15) is 0 Å². The topological polar surface area (TPSA) is 42.0 Å². The molecule has 2 aromatic rings. The number of rotatable bonds is 5. The number of nitrogens with one attached hydrogen (secondary N) is 1. The van der Waals surface area contributed by atoms with Gasteiger partial charge < -0.3 is 5.32 Å². The summed E-state index contributed by atoms with van der Waals surface area (Å²) in [6, 6.07) is 12.0. The summed E-state index contributed by atoms with van der Waals surface area (Å²) in [6.45, 7) is 8.20. The molecule has 0 saturated carbocycles. The molecule has 22 heavy (non-hydrogen) atoms. The van der Waals surface area contributed by atoms with E-state index in [-0.39, 0.29) is 17.7 Å². The van der Waals surface area contributed by atoms with Crippen LogP contribution in [0.2, 0.25) is 0 Å². The molecule has 0 spiro atoms. The predicted octanol–water partition coefficient (Wildman–Crippen LogP) is 4.47. The number of pyridine rings is 1. The van der Waals surface area contributed by atoms with Crippen LogP contribution < -0.4 is 5.32 Å². The Kier molecular flexibility index (Phi) is 5.31. The van der Waals surface area contributed by atoms with Crippen LogP contribution in [0.4, 0.5) is 5.69 Å². The standard InChI is InChI=1S/C19H24N2O/c1-5-13(2)18(16-9-7-6-8-10-16)19(22)21-17-11-14(3)15(4)20-12-17/h6-13,18H,5H2,1-4H3,(H,21,22). The van der Waals surface area contributed by atoms with Crippen molar-refractivity contribution in [3.8, 4) is 0 Å². The summed E-state index contributed by atoms with van der Waals surface area (Å²) in [7, 11) is 0. The Morgan fingerprint density at radius 1 is 1.23 bits per heavy atom. The second kappa shape index (κ2) is 7.21. The molecular formula is C19H24N2O. The average molecular weight is 296 g/mol. The van der Waals surface area contributed by atoms with Gasteiger partial charge in [-0.05, 0) is 37.0 Å². The van der Waals surface area contributed by atoms with Gasteiger partial charge in [0.05, 0.1) is 17.8 Å². The Bertz CT molecular complexity index is 637. The largest absolute Gasteiger partial charge is 0.324 e. The predicted molar refractivity (Wildman–Crippen MR) is 91.0 cm³/mol. The van der Waals surface area contributed by atoms with Crippen LogP contribution in [0.5, 0.6) is 0 Å². The molecular weight excluding hydrogens is 272 g/mol. The van der Waals surface area contributed by atoms with Gasteiger partial charge in [-0.15, -0.1) is 0 Å². The van der Waals surface area contributed by atoms with Crippen molar-refractivity contribution in [2.75, 3.05) is 5.32 Å². The lowest BCUT2D eigenvalue weighted by molar-refractivity contribution is -0.118. The molecule has 0 aliphatic heterocycles. The Labute approximate surface area is 132 Å². The number of anilines is 1. The summed E-state index contributed by atoms with van der Waals surface area (Å²) in [5.41, 5.74) is 3.89. The number of carbonyl (C=O) groups excluding carboxylic acids is 1. The summed E-state index contributed by atoms with van der Waals surface area (Å²) in [5, 5.41) is 3.02. The zero-order chi connectivity index (χ0) is 16.1. The molecule has 1 amide bonds. The molecule has 1 aromatic heterocycles. The van der Waals surface area contributed by atoms with Crippen molar-refractivity contribution in [3.05, 3.63) is 59.4 Å². The third-order valence-electron chi connectivity index (χ3n) is 4.26. The average Bonchev–Trinajstić information content (AvgIpc) is 2.52. The van der Waals surface area contributed by atoms with Crippen LogP contribution in [0.15, 0.2) is 42.6 Å². The molecule has 3 heteroatoms. The second-order valence-electron chi connectivity index (χ2n) is 5.89. The second-order valence-corrected chi connectivity index (χ2v) is 5.89. The number of benzene rings is 1. The van der Waals surface area contributed by atoms with Crippen LogP contribution >= 0.6 is 0 Å². The summed E-state index contributed by atoms with van der Waals surface area (Å²) in [5.74, 6) is 0.167. The fraction of sp³-hybridized carbons (Fsp3) is 0.368. The molecule has 1 aromatic carbocycles. The first kappa shape index (κ1) is 16.2. The van der Waals surface area contributed by atoms with Crippen molar-refractivity contribution < 1.29 is 4.79 Å². The van der Waals surface area contributed by atoms with Crippen LogP contribution in [-0.2, 0) is 4.79 Å². The summed E-state index contributed by atoms with van der Waals surface area (Å²) >= 11 is 0. The highest BCUT2D eigenvalue weighted by molar-refractivity contribution is 5.96. The molecule has 0 aliphatic carbocycles. The van der Waals surface area contributed by atoms with E-state index in [1.165, 1.54) is 0 Å². The van der Waals surface area contributed by atoms with Crippen molar-refractivity contribution in [3.63, 3.8) is 0 Å². The number of carbonyl (C=O) groups is 1. The molecule has 0 bridgehead atoms. The SMILES string of the molecule is CCC(C)C(C(=O)Nc1cnc(C)c(C)c1)c1ccccc1. The van der Waals surface area contributed by atoms with Gasteiger partial charge in [0.15, 0.2) is 0 Å². The summed E-state index contributed by atoms with van der Waals surface area (Å²) < 4.78 is 0. The molecule has 0 radical (unpaired) electrons. The Hall–Kier alpha value is -2.16. The molecule has 2 unspecified atom stereocenters. The number of hydrogen-bond donors (Lipinski definition) is 1. The monoisotopic (exact) mass is 296 g/mol. The van der Waals surface area contributed by atoms with Gasteiger partial charge in [0.2, 0.25) is 5.91 Å². The quantitative estimate of drug-likeness (QED) is 0.884. The minimum atomic E-state index is -0.146. The molecule has 0 fully saturated rings. The lowest BCUT2D eigenvalue weighted by atomic mass is 9.85. The third-order valence-corrected chi connectivity index (χ3v) is 4.26. The van der Waals surface area contributed by atoms with E-state index in [9.17, 15) is 4.79 Å². The van der Waals surface area contributed by atoms with E-state index < -0.39 is 0 Å². The first-order valence-electron chi connectivity index (χ1n) is 7.82. The minimum absolute atomic E-state index is 0.0330. The van der Waals surface area contributed by atoms with Gasteiger partial charge in [-0.25, -0.2) is 0 Å². The van der Waals surface area contributed by atoms with Crippen molar-refractivity contribution in [1.82, 2.24) is 4.98 Å². The van der Waals surface area contributed by atoms with Crippen LogP contribution in [0.1, 0.15) is 43.0 Å². The van der Waals surface area contributed by atoms with Crippen molar-refractivity contribution in [2.45, 2.75) is 40.0 Å². The van der Waals surface area contributed by atoms with E-state index in [2.05, 4.69) is 24.1 Å². The smallest absolute Gasteiger partial charge is 0.232 e. The molecule has 1 N–H and O–H groups in total. The Morgan fingerprint density at radius 2 is 1.91 bits per heavy atom. The Balaban J connectivity index is 2.24. The molecule has 2 atom stereocenters. The zero-order valence-corrected chi connectivity index (χ0v) is 13.8. The lowest BCUT2D eigenvalue weighted by Gasteiger charge is -2.23. The van der Waals surface area contributed by atoms with Crippen LogP contribution in [-0.4, -0.2) is 10.9 Å². The highest BCUT2D eigenvalue weighted by Gasteiger charge is 2.25. The third kappa shape index (κ3) is 3.73. The first-order valence-corrected chi connectivity index (χ1v) is 7.82. The first-order chi connectivity index (χ1) is 10.5. The molecule has 2 rings (SSSR count). The highest BCUT2D eigenvalue weighted by Crippen LogP contribution is 2.28. The molecule has 0 saturated heterocycles. The van der Waals surface area contributed by atoms with Gasteiger partial charge in [-0.3, -0.25) is 9.78 Å². The maximum atomic E-state index is 12.8. The Morgan fingerprint density at radius 3 is 2.50 bits per heavy atom. The van der Waals surface area contributed by atoms with Gasteiger partial charge >= 0.3 is 0 Å². The molecule has 116 valence electrons. The van der Waals surface area contributed by atoms with Crippen LogP contribution in [0.3, 0.4) is 0 Å². The molecule has 1 heterocycles. The van der Waals surface area contributed by atoms with E-state index in [0.29, 0.717) is 0 Å². The van der Waals surface area contributed by atoms with Crippen molar-refractivity contribution in [2.24, 2.45) is 5.92 Å². The fourth-order valence-corrected chi connectivity index (χ4v) is 2.57. The number of hydrogen-bond acceptors (Lipinski definition) is 2. The summed E-state index contributed by atoms with van der Waals surface area (Å²) in [4.78, 5) is 17.1. The maximum absolute atomic E-state index is 12.8. The highest BCUT2D eigenvalue weighted by atomic mass is 16.1. The molecule has 3 nitrogen and oxygen atoms in total. The van der Waals surface area contributed by atoms with Gasteiger partial charge in [-0.2, -0.15) is 0 Å². The zero-order valence-electron chi connectivity index (χ0n) is 13.8. The van der Waals surface area contributed by atoms with E-state index >= 15 is 0 Å². The van der Waals surface area contributed by atoms with Crippen molar-refractivity contribution >= 4 is 11.6 Å². The van der Waals surface area contributed by atoms with Gasteiger partial charge in [-0.1, -0.05) is 50.6 Å². The number of aryl methyl sites for hydroxylation is 2. The number of amides is 1. The lowest BCUT2D eigenvalue weighted by Crippen LogP contribution is -2.26. The minimum Gasteiger partial charge on any atom is -0.324 e. The summed E-state index contributed by atoms with van der Waals surface area (Å²) in [6.07, 6.45) is 2.68. The normalized spacial score (nSPS) is 13.5. The van der Waals surface area contributed by atoms with Crippen LogP contribution in [0, 0.1) is 19.8 Å².